The van der Waals surface area contributed by atoms with Gasteiger partial charge in [0.2, 0.25) is 0 Å². The van der Waals surface area contributed by atoms with Crippen LogP contribution in [0.5, 0.6) is 0 Å². The molecule has 0 saturated heterocycles. The van der Waals surface area contributed by atoms with Crippen molar-refractivity contribution in [2.45, 2.75) is 13.5 Å². The average Bonchev–Trinajstić information content (AvgIpc) is 2.38. The van der Waals surface area contributed by atoms with Gasteiger partial charge < -0.3 is 4.90 Å². The Morgan fingerprint density at radius 2 is 1.89 bits per heavy atom. The maximum Gasteiger partial charge on any atom is 0.0960 e. The molecule has 90 valence electrons. The maximum atomic E-state index is 6.02. The zero-order valence-electron chi connectivity index (χ0n) is 10.1. The summed E-state index contributed by atoms with van der Waals surface area (Å²) in [5.74, 6) is 0. The Balaban J connectivity index is 1.93. The van der Waals surface area contributed by atoms with E-state index in [0.717, 1.165) is 28.5 Å². The number of hydrogen-bond acceptors (Lipinski definition) is 2. The Labute approximate surface area is 112 Å². The lowest BCUT2D eigenvalue weighted by atomic mass is 10.1. The van der Waals surface area contributed by atoms with Crippen molar-refractivity contribution in [2.75, 3.05) is 4.90 Å². The van der Waals surface area contributed by atoms with Crippen molar-refractivity contribution in [1.82, 2.24) is 0 Å². The molecule has 2 aromatic carbocycles. The summed E-state index contributed by atoms with van der Waals surface area (Å²) in [5.41, 5.74) is 4.57. The molecule has 18 heavy (non-hydrogen) atoms. The molecule has 0 aromatic heterocycles. The van der Waals surface area contributed by atoms with Crippen molar-refractivity contribution in [3.8, 4) is 0 Å². The molecule has 3 rings (SSSR count). The lowest BCUT2D eigenvalue weighted by Crippen LogP contribution is -2.23. The van der Waals surface area contributed by atoms with E-state index in [2.05, 4.69) is 41.1 Å². The number of fused-ring (bicyclic) bond motifs is 1. The van der Waals surface area contributed by atoms with Crippen molar-refractivity contribution in [1.29, 1.82) is 0 Å². The predicted molar refractivity (Wildman–Crippen MR) is 77.0 cm³/mol. The van der Waals surface area contributed by atoms with E-state index in [0.29, 0.717) is 0 Å². The highest BCUT2D eigenvalue weighted by molar-refractivity contribution is 6.30. The summed E-state index contributed by atoms with van der Waals surface area (Å²) in [6, 6.07) is 14.2. The van der Waals surface area contributed by atoms with E-state index in [1.807, 2.05) is 24.5 Å². The molecule has 0 radical (unpaired) electrons. The van der Waals surface area contributed by atoms with Crippen LogP contribution in [-0.2, 0) is 6.54 Å². The van der Waals surface area contributed by atoms with Crippen molar-refractivity contribution in [3.63, 3.8) is 0 Å². The molecule has 0 unspecified atom stereocenters. The molecule has 3 heteroatoms. The number of benzene rings is 2. The van der Waals surface area contributed by atoms with Crippen molar-refractivity contribution >= 4 is 29.3 Å². The van der Waals surface area contributed by atoms with E-state index < -0.39 is 0 Å². The highest BCUT2D eigenvalue weighted by Crippen LogP contribution is 2.29. The van der Waals surface area contributed by atoms with Gasteiger partial charge in [0.25, 0.3) is 0 Å². The number of aliphatic imine (C=N–C) groups is 1. The summed E-state index contributed by atoms with van der Waals surface area (Å²) in [6.07, 6.45) is 1.88. The minimum Gasteiger partial charge on any atom is -0.328 e. The van der Waals surface area contributed by atoms with Crippen molar-refractivity contribution in [3.05, 3.63) is 58.6 Å². The van der Waals surface area contributed by atoms with E-state index in [1.165, 1.54) is 5.56 Å². The summed E-state index contributed by atoms with van der Waals surface area (Å²) >= 11 is 6.02. The third-order valence-corrected chi connectivity index (χ3v) is 3.32. The Morgan fingerprint density at radius 1 is 1.11 bits per heavy atom. The second-order valence-corrected chi connectivity index (χ2v) is 4.92. The van der Waals surface area contributed by atoms with Crippen LogP contribution in [0.15, 0.2) is 47.5 Å². The van der Waals surface area contributed by atoms with E-state index in [9.17, 15) is 0 Å². The second-order valence-electron chi connectivity index (χ2n) is 4.48. The summed E-state index contributed by atoms with van der Waals surface area (Å²) in [4.78, 5) is 6.58. The highest BCUT2D eigenvalue weighted by Gasteiger charge is 2.13. The largest absolute Gasteiger partial charge is 0.328 e. The fourth-order valence-corrected chi connectivity index (χ4v) is 2.25. The summed E-state index contributed by atoms with van der Waals surface area (Å²) in [5, 5.41) is 0.759. The Bertz CT molecular complexity index is 602. The quantitative estimate of drug-likeness (QED) is 0.742. The van der Waals surface area contributed by atoms with E-state index in [1.54, 1.807) is 0 Å². The average molecular weight is 257 g/mol. The highest BCUT2D eigenvalue weighted by atomic mass is 35.5. The van der Waals surface area contributed by atoms with E-state index in [4.69, 9.17) is 11.6 Å². The molecule has 1 aliphatic heterocycles. The molecular formula is C15H13ClN2. The van der Waals surface area contributed by atoms with Gasteiger partial charge in [-0.1, -0.05) is 29.3 Å². The standard InChI is InChI=1S/C15H13ClN2/c1-11-2-5-14(6-3-11)18-9-12-8-13(16)4-7-15(12)17-10-18/h2-8,10H,9H2,1H3. The normalized spacial score (nSPS) is 13.6. The van der Waals surface area contributed by atoms with Gasteiger partial charge in [-0.05, 0) is 42.8 Å². The lowest BCUT2D eigenvalue weighted by molar-refractivity contribution is 0.996. The zero-order chi connectivity index (χ0) is 12.5. The molecule has 0 aliphatic carbocycles. The van der Waals surface area contributed by atoms with E-state index >= 15 is 0 Å². The molecule has 1 heterocycles. The first kappa shape index (κ1) is 11.3. The first-order valence-corrected chi connectivity index (χ1v) is 6.26. The van der Waals surface area contributed by atoms with Gasteiger partial charge in [-0.2, -0.15) is 0 Å². The minimum absolute atomic E-state index is 0.759. The third kappa shape index (κ3) is 2.12. The smallest absolute Gasteiger partial charge is 0.0960 e. The number of nitrogens with zero attached hydrogens (tertiary/aromatic N) is 2. The van der Waals surface area contributed by atoms with Gasteiger partial charge in [-0.25, -0.2) is 4.99 Å². The lowest BCUT2D eigenvalue weighted by Gasteiger charge is -2.24. The summed E-state index contributed by atoms with van der Waals surface area (Å²) in [7, 11) is 0. The zero-order valence-corrected chi connectivity index (χ0v) is 10.9. The fourth-order valence-electron chi connectivity index (χ4n) is 2.06. The van der Waals surface area contributed by atoms with E-state index in [-0.39, 0.29) is 0 Å². The van der Waals surface area contributed by atoms with Crippen LogP contribution in [0.4, 0.5) is 11.4 Å². The number of anilines is 1. The van der Waals surface area contributed by atoms with Gasteiger partial charge in [0.15, 0.2) is 0 Å². The third-order valence-electron chi connectivity index (χ3n) is 3.08. The fraction of sp³-hybridized carbons (Fsp3) is 0.133. The maximum absolute atomic E-state index is 6.02. The van der Waals surface area contributed by atoms with Crippen LogP contribution in [0.3, 0.4) is 0 Å². The molecule has 0 saturated carbocycles. The van der Waals surface area contributed by atoms with Crippen LogP contribution in [0.1, 0.15) is 11.1 Å². The number of rotatable bonds is 1. The first-order valence-electron chi connectivity index (χ1n) is 5.88. The van der Waals surface area contributed by atoms with Gasteiger partial charge in [0.1, 0.15) is 0 Å². The molecule has 0 fully saturated rings. The number of hydrogen-bond donors (Lipinski definition) is 0. The molecule has 0 atom stereocenters. The molecule has 1 aliphatic rings. The Hall–Kier alpha value is -1.80. The van der Waals surface area contributed by atoms with Gasteiger partial charge in [0.05, 0.1) is 18.6 Å². The molecular weight excluding hydrogens is 244 g/mol. The first-order chi connectivity index (χ1) is 8.72. The topological polar surface area (TPSA) is 15.6 Å². The van der Waals surface area contributed by atoms with Crippen molar-refractivity contribution in [2.24, 2.45) is 4.99 Å². The number of aryl methyl sites for hydroxylation is 1. The number of halogens is 1. The van der Waals surface area contributed by atoms with Crippen LogP contribution >= 0.6 is 11.6 Å². The Morgan fingerprint density at radius 3 is 2.67 bits per heavy atom. The van der Waals surface area contributed by atoms with Crippen molar-refractivity contribution < 1.29 is 0 Å². The van der Waals surface area contributed by atoms with Gasteiger partial charge in [-0.15, -0.1) is 0 Å². The molecule has 0 bridgehead atoms. The van der Waals surface area contributed by atoms with Gasteiger partial charge >= 0.3 is 0 Å². The molecule has 2 nitrogen and oxygen atoms in total. The second kappa shape index (κ2) is 4.46. The molecule has 0 amide bonds. The molecule has 2 aromatic rings. The van der Waals surface area contributed by atoms with Crippen LogP contribution in [0.25, 0.3) is 0 Å². The predicted octanol–water partition coefficient (Wildman–Crippen LogP) is 4.33. The minimum atomic E-state index is 0.759. The monoisotopic (exact) mass is 256 g/mol. The molecule has 0 spiro atoms. The van der Waals surface area contributed by atoms with Crippen LogP contribution in [0, 0.1) is 6.92 Å². The van der Waals surface area contributed by atoms with Crippen LogP contribution in [0.2, 0.25) is 5.02 Å². The Kier molecular flexibility index (Phi) is 2.80. The van der Waals surface area contributed by atoms with Crippen LogP contribution in [-0.4, -0.2) is 6.34 Å². The van der Waals surface area contributed by atoms with Gasteiger partial charge in [-0.3, -0.25) is 0 Å². The molecule has 0 N–H and O–H groups in total. The van der Waals surface area contributed by atoms with Gasteiger partial charge in [0, 0.05) is 10.7 Å². The SMILES string of the molecule is Cc1ccc(N2C=Nc3ccc(Cl)cc3C2)cc1. The summed E-state index contributed by atoms with van der Waals surface area (Å²) in [6.45, 7) is 2.89. The summed E-state index contributed by atoms with van der Waals surface area (Å²) < 4.78 is 0. The van der Waals surface area contributed by atoms with Crippen LogP contribution < -0.4 is 4.90 Å².